The van der Waals surface area contributed by atoms with E-state index >= 15 is 0 Å². The van der Waals surface area contributed by atoms with Crippen LogP contribution in [-0.4, -0.2) is 78.1 Å². The molecule has 44 heavy (non-hydrogen) atoms. The summed E-state index contributed by atoms with van der Waals surface area (Å²) in [5.41, 5.74) is 2.83. The third-order valence-electron chi connectivity index (χ3n) is 8.17. The molecule has 2 saturated heterocycles. The zero-order chi connectivity index (χ0) is 31.3. The largest absolute Gasteiger partial charge is 0.377 e. The van der Waals surface area contributed by atoms with Gasteiger partial charge in [0.05, 0.1) is 18.7 Å². The number of pyridine rings is 1. The van der Waals surface area contributed by atoms with Crippen molar-refractivity contribution >= 4 is 50.2 Å². The third-order valence-corrected chi connectivity index (χ3v) is 8.62. The number of anilines is 1. The van der Waals surface area contributed by atoms with Crippen molar-refractivity contribution in [1.29, 1.82) is 0 Å². The number of fused-ring (bicyclic) bond motifs is 1. The summed E-state index contributed by atoms with van der Waals surface area (Å²) in [4.78, 5) is 54.4. The molecule has 4 aromatic rings. The Labute approximate surface area is 262 Å². The minimum atomic E-state index is -1.17. The summed E-state index contributed by atoms with van der Waals surface area (Å²) in [6, 6.07) is 6.76. The first kappa shape index (κ1) is 30.0. The summed E-state index contributed by atoms with van der Waals surface area (Å²) in [6.07, 6.45) is 3.79. The molecular weight excluding hydrogens is 630 g/mol. The number of halogens is 1. The van der Waals surface area contributed by atoms with Crippen LogP contribution in [0.5, 0.6) is 0 Å². The van der Waals surface area contributed by atoms with Crippen LogP contribution in [0.25, 0.3) is 22.0 Å². The number of nitrogens with zero attached hydrogens (tertiary/aromatic N) is 6. The number of hydrogen-bond acceptors (Lipinski definition) is 9. The molecular formula is C31H32BrN7O5. The smallest absolute Gasteiger partial charge is 0.248 e. The summed E-state index contributed by atoms with van der Waals surface area (Å²) in [5, 5.41) is 18.5. The average molecular weight is 663 g/mol. The zero-order valence-electron chi connectivity index (χ0n) is 24.8. The van der Waals surface area contributed by atoms with Crippen LogP contribution in [0.3, 0.4) is 0 Å². The first-order valence-corrected chi connectivity index (χ1v) is 15.1. The lowest BCUT2D eigenvalue weighted by Gasteiger charge is -2.34. The summed E-state index contributed by atoms with van der Waals surface area (Å²) >= 11 is 3.34. The standard InChI is InChI=1S/C31H32BrN7O5/c1-16-7-23(29(42)36-28-17(2)5-6-24(32)35-28)38(12-16)25(41)13-39-27-18(3)8-20(9-22(27)26(37-39)19(4)40)21-10-33-30(34-11-21)31(43)14-44-15-31/h5-6,8-11,16,23,43H,7,12-15H2,1-4H3,(H,35,36,42). The number of aliphatic hydroxyl groups is 1. The monoisotopic (exact) mass is 661 g/mol. The predicted molar refractivity (Wildman–Crippen MR) is 165 cm³/mol. The molecule has 2 unspecified atom stereocenters. The second-order valence-corrected chi connectivity index (χ2v) is 12.6. The molecule has 13 heteroatoms. The van der Waals surface area contributed by atoms with Gasteiger partial charge in [-0.2, -0.15) is 5.10 Å². The van der Waals surface area contributed by atoms with Crippen molar-refractivity contribution in [2.45, 2.75) is 52.3 Å². The molecule has 2 N–H and O–H groups in total. The molecule has 2 aliphatic rings. The van der Waals surface area contributed by atoms with E-state index in [0.29, 0.717) is 45.7 Å². The van der Waals surface area contributed by atoms with Crippen molar-refractivity contribution in [2.75, 3.05) is 25.1 Å². The number of ketones is 1. The van der Waals surface area contributed by atoms with Gasteiger partial charge in [-0.05, 0) is 77.0 Å². The van der Waals surface area contributed by atoms with Crippen molar-refractivity contribution in [3.8, 4) is 11.1 Å². The number of aromatic nitrogens is 5. The number of amides is 2. The third kappa shape index (κ3) is 5.51. The van der Waals surface area contributed by atoms with E-state index in [-0.39, 0.29) is 49.0 Å². The second-order valence-electron chi connectivity index (χ2n) is 11.8. The van der Waals surface area contributed by atoms with Gasteiger partial charge in [-0.15, -0.1) is 0 Å². The van der Waals surface area contributed by atoms with Gasteiger partial charge in [0, 0.05) is 36.8 Å². The summed E-state index contributed by atoms with van der Waals surface area (Å²) in [7, 11) is 0. The lowest BCUT2D eigenvalue weighted by molar-refractivity contribution is -0.189. The van der Waals surface area contributed by atoms with Crippen LogP contribution < -0.4 is 5.32 Å². The summed E-state index contributed by atoms with van der Waals surface area (Å²) in [6.45, 7) is 7.81. The topological polar surface area (TPSA) is 152 Å². The number of carbonyl (C=O) groups is 3. The van der Waals surface area contributed by atoms with Gasteiger partial charge in [-0.25, -0.2) is 15.0 Å². The number of carbonyl (C=O) groups excluding carboxylic acids is 3. The summed E-state index contributed by atoms with van der Waals surface area (Å²) < 4.78 is 7.25. The van der Waals surface area contributed by atoms with Gasteiger partial charge in [-0.3, -0.25) is 19.1 Å². The normalized spacial score (nSPS) is 19.2. The van der Waals surface area contributed by atoms with Gasteiger partial charge in [0.25, 0.3) is 0 Å². The van der Waals surface area contributed by atoms with Crippen LogP contribution in [0.1, 0.15) is 47.7 Å². The quantitative estimate of drug-likeness (QED) is 0.224. The molecule has 0 saturated carbocycles. The lowest BCUT2D eigenvalue weighted by atomic mass is 9.99. The Kier molecular flexibility index (Phi) is 7.80. The predicted octanol–water partition coefficient (Wildman–Crippen LogP) is 3.56. The molecule has 0 radical (unpaired) electrons. The van der Waals surface area contributed by atoms with Crippen molar-refractivity contribution in [3.63, 3.8) is 0 Å². The van der Waals surface area contributed by atoms with Crippen LogP contribution in [-0.2, 0) is 26.5 Å². The Morgan fingerprint density at radius 2 is 1.84 bits per heavy atom. The molecule has 2 amide bonds. The number of nitrogens with one attached hydrogen (secondary N) is 1. The van der Waals surface area contributed by atoms with E-state index in [4.69, 9.17) is 4.74 Å². The molecule has 2 aliphatic heterocycles. The highest BCUT2D eigenvalue weighted by Crippen LogP contribution is 2.32. The van der Waals surface area contributed by atoms with Crippen molar-refractivity contribution < 1.29 is 24.2 Å². The Morgan fingerprint density at radius 3 is 2.50 bits per heavy atom. The molecule has 6 rings (SSSR count). The average Bonchev–Trinajstić information content (AvgIpc) is 3.55. The second kappa shape index (κ2) is 11.5. The molecule has 2 fully saturated rings. The van der Waals surface area contributed by atoms with E-state index in [0.717, 1.165) is 16.7 Å². The molecule has 0 bridgehead atoms. The van der Waals surface area contributed by atoms with E-state index in [2.05, 4.69) is 41.3 Å². The van der Waals surface area contributed by atoms with E-state index in [1.54, 1.807) is 28.0 Å². The minimum absolute atomic E-state index is 0.129. The van der Waals surface area contributed by atoms with Crippen molar-refractivity contribution in [2.24, 2.45) is 5.92 Å². The number of Topliss-reactive ketones (excluding diaryl/α,β-unsaturated/α-hetero) is 1. The van der Waals surface area contributed by atoms with E-state index in [1.807, 2.05) is 39.0 Å². The molecule has 0 spiro atoms. The molecule has 228 valence electrons. The number of aryl methyl sites for hydroxylation is 2. The van der Waals surface area contributed by atoms with E-state index in [1.165, 1.54) is 6.92 Å². The van der Waals surface area contributed by atoms with E-state index < -0.39 is 11.6 Å². The Morgan fingerprint density at radius 1 is 1.11 bits per heavy atom. The zero-order valence-corrected chi connectivity index (χ0v) is 26.4. The summed E-state index contributed by atoms with van der Waals surface area (Å²) in [5.74, 6) is 0.0759. The maximum Gasteiger partial charge on any atom is 0.248 e. The molecule has 0 aliphatic carbocycles. The SMILES string of the molecule is CC(=O)c1nn(CC(=O)N2CC(C)CC2C(=O)Nc2nc(Br)ccc2C)c2c(C)cc(-c3cnc(C4(O)COC4)nc3)cc12. The van der Waals surface area contributed by atoms with Gasteiger partial charge in [-0.1, -0.05) is 13.0 Å². The lowest BCUT2D eigenvalue weighted by Crippen LogP contribution is -2.47. The molecule has 2 atom stereocenters. The Bertz CT molecular complexity index is 1800. The van der Waals surface area contributed by atoms with Crippen molar-refractivity contribution in [1.82, 2.24) is 29.6 Å². The maximum absolute atomic E-state index is 13.7. The van der Waals surface area contributed by atoms with Gasteiger partial charge < -0.3 is 20.1 Å². The molecule has 12 nitrogen and oxygen atoms in total. The molecule has 1 aromatic carbocycles. The van der Waals surface area contributed by atoms with Crippen LogP contribution >= 0.6 is 15.9 Å². The van der Waals surface area contributed by atoms with Crippen LogP contribution in [0, 0.1) is 19.8 Å². The van der Waals surface area contributed by atoms with Crippen LogP contribution in [0.2, 0.25) is 0 Å². The van der Waals surface area contributed by atoms with Crippen molar-refractivity contribution in [3.05, 3.63) is 63.9 Å². The molecule has 3 aromatic heterocycles. The van der Waals surface area contributed by atoms with Gasteiger partial charge >= 0.3 is 0 Å². The highest BCUT2D eigenvalue weighted by Gasteiger charge is 2.41. The highest BCUT2D eigenvalue weighted by molar-refractivity contribution is 9.10. The number of hydrogen-bond donors (Lipinski definition) is 2. The first-order chi connectivity index (χ1) is 20.9. The maximum atomic E-state index is 13.7. The Balaban J connectivity index is 1.28. The van der Waals surface area contributed by atoms with Gasteiger partial charge in [0.1, 0.15) is 28.7 Å². The Hall–Kier alpha value is -4.07. The number of likely N-dealkylation sites (tertiary alicyclic amines) is 1. The fourth-order valence-corrected chi connectivity index (χ4v) is 6.14. The fourth-order valence-electron chi connectivity index (χ4n) is 5.83. The van der Waals surface area contributed by atoms with Crippen LogP contribution in [0.15, 0.2) is 41.3 Å². The highest BCUT2D eigenvalue weighted by atomic mass is 79.9. The fraction of sp³-hybridized carbons (Fsp3) is 0.387. The molecule has 5 heterocycles. The number of benzene rings is 1. The van der Waals surface area contributed by atoms with Gasteiger partial charge in [0.2, 0.25) is 11.8 Å². The first-order valence-electron chi connectivity index (χ1n) is 14.3. The number of rotatable bonds is 7. The van der Waals surface area contributed by atoms with E-state index in [9.17, 15) is 19.5 Å². The van der Waals surface area contributed by atoms with Crippen LogP contribution in [0.4, 0.5) is 5.82 Å². The van der Waals surface area contributed by atoms with Gasteiger partial charge in [0.15, 0.2) is 17.2 Å². The number of ether oxygens (including phenoxy) is 1. The minimum Gasteiger partial charge on any atom is -0.377 e.